The number of hydrogen-bond acceptors (Lipinski definition) is 4. The summed E-state index contributed by atoms with van der Waals surface area (Å²) in [4.78, 5) is 10.5. The largest absolute Gasteiger partial charge is 0.430 e. The zero-order valence-corrected chi connectivity index (χ0v) is 9.96. The van der Waals surface area contributed by atoms with Gasteiger partial charge in [-0.3, -0.25) is 0 Å². The van der Waals surface area contributed by atoms with Crippen molar-refractivity contribution in [3.05, 3.63) is 29.3 Å². The molecular formula is C9H10ClNO4S. The Kier molecular flexibility index (Phi) is 3.77. The van der Waals surface area contributed by atoms with Crippen molar-refractivity contribution in [1.29, 1.82) is 0 Å². The molecule has 1 atom stereocenters. The fourth-order valence-electron chi connectivity index (χ4n) is 1.04. The van der Waals surface area contributed by atoms with Crippen LogP contribution in [-0.4, -0.2) is 19.9 Å². The minimum absolute atomic E-state index is 0.0191. The molecule has 0 aliphatic rings. The molecule has 0 aliphatic carbocycles. The average molecular weight is 264 g/mol. The van der Waals surface area contributed by atoms with Crippen molar-refractivity contribution < 1.29 is 17.9 Å². The molecule has 0 aromatic heterocycles. The van der Waals surface area contributed by atoms with E-state index in [2.05, 4.69) is 4.74 Å². The predicted octanol–water partition coefficient (Wildman–Crippen LogP) is 1.56. The van der Waals surface area contributed by atoms with Crippen molar-refractivity contribution in [2.24, 2.45) is 5.73 Å². The van der Waals surface area contributed by atoms with E-state index in [-0.39, 0.29) is 4.90 Å². The first kappa shape index (κ1) is 12.8. The van der Waals surface area contributed by atoms with Crippen LogP contribution in [0.1, 0.15) is 6.92 Å². The van der Waals surface area contributed by atoms with Crippen LogP contribution in [0.5, 0.6) is 0 Å². The molecule has 1 aromatic rings. The average Bonchev–Trinajstić information content (AvgIpc) is 2.17. The Balaban J connectivity index is 3.02. The topological polar surface area (TPSA) is 86.5 Å². The van der Waals surface area contributed by atoms with Crippen LogP contribution in [0.4, 0.5) is 4.79 Å². The second kappa shape index (κ2) is 4.71. The number of hydrogen-bond donors (Lipinski definition) is 1. The van der Waals surface area contributed by atoms with Crippen molar-refractivity contribution >= 4 is 27.5 Å². The van der Waals surface area contributed by atoms with Gasteiger partial charge in [0.05, 0.1) is 4.90 Å². The number of benzene rings is 1. The molecule has 0 bridgehead atoms. The highest BCUT2D eigenvalue weighted by atomic mass is 35.5. The molecule has 0 saturated heterocycles. The zero-order valence-electron chi connectivity index (χ0n) is 8.38. The minimum Gasteiger partial charge on any atom is -0.430 e. The lowest BCUT2D eigenvalue weighted by Crippen LogP contribution is -2.27. The highest BCUT2D eigenvalue weighted by Gasteiger charge is 2.25. The second-order valence-electron chi connectivity index (χ2n) is 3.00. The molecule has 88 valence electrons. The maximum absolute atomic E-state index is 11.8. The summed E-state index contributed by atoms with van der Waals surface area (Å²) in [5, 5.41) is 0.419. The summed E-state index contributed by atoms with van der Waals surface area (Å²) in [5.74, 6) is 0. The first-order valence-corrected chi connectivity index (χ1v) is 6.22. The highest BCUT2D eigenvalue weighted by molar-refractivity contribution is 7.91. The fourth-order valence-corrected chi connectivity index (χ4v) is 2.29. The molecule has 5 nitrogen and oxygen atoms in total. The van der Waals surface area contributed by atoms with Crippen molar-refractivity contribution in [3.63, 3.8) is 0 Å². The van der Waals surface area contributed by atoms with Gasteiger partial charge in [-0.25, -0.2) is 13.2 Å². The van der Waals surface area contributed by atoms with Gasteiger partial charge in [-0.15, -0.1) is 0 Å². The van der Waals surface area contributed by atoms with Crippen LogP contribution < -0.4 is 5.73 Å². The maximum atomic E-state index is 11.8. The van der Waals surface area contributed by atoms with Crippen LogP contribution >= 0.6 is 11.6 Å². The lowest BCUT2D eigenvalue weighted by Gasteiger charge is -2.12. The van der Waals surface area contributed by atoms with Gasteiger partial charge < -0.3 is 10.5 Å². The van der Waals surface area contributed by atoms with Gasteiger partial charge in [0.1, 0.15) is 0 Å². The Morgan fingerprint density at radius 1 is 1.38 bits per heavy atom. The Labute approximate surface area is 98.1 Å². The molecule has 0 radical (unpaired) electrons. The van der Waals surface area contributed by atoms with Crippen LogP contribution in [0.15, 0.2) is 29.2 Å². The Bertz CT molecular complexity index is 483. The second-order valence-corrected chi connectivity index (χ2v) is 5.67. The van der Waals surface area contributed by atoms with E-state index in [4.69, 9.17) is 17.3 Å². The smallest absolute Gasteiger partial charge is 0.405 e. The van der Waals surface area contributed by atoms with Crippen molar-refractivity contribution in [3.8, 4) is 0 Å². The van der Waals surface area contributed by atoms with E-state index in [0.717, 1.165) is 0 Å². The number of carbonyl (C=O) groups is 1. The van der Waals surface area contributed by atoms with Gasteiger partial charge in [0.2, 0.25) is 15.3 Å². The number of sulfone groups is 1. The van der Waals surface area contributed by atoms with Crippen LogP contribution in [0.2, 0.25) is 5.02 Å². The highest BCUT2D eigenvalue weighted by Crippen LogP contribution is 2.19. The molecule has 16 heavy (non-hydrogen) atoms. The van der Waals surface area contributed by atoms with E-state index in [1.54, 1.807) is 0 Å². The van der Waals surface area contributed by atoms with Gasteiger partial charge in [0, 0.05) is 5.02 Å². The molecule has 1 aromatic carbocycles. The van der Waals surface area contributed by atoms with E-state index >= 15 is 0 Å². The summed E-state index contributed by atoms with van der Waals surface area (Å²) in [7, 11) is -3.73. The van der Waals surface area contributed by atoms with Gasteiger partial charge in [-0.05, 0) is 31.2 Å². The van der Waals surface area contributed by atoms with Crippen molar-refractivity contribution in [2.75, 3.05) is 0 Å². The molecule has 7 heteroatoms. The number of halogens is 1. The Morgan fingerprint density at radius 3 is 2.31 bits per heavy atom. The summed E-state index contributed by atoms with van der Waals surface area (Å²) in [6, 6.07) is 5.54. The van der Waals surface area contributed by atoms with E-state index < -0.39 is 21.4 Å². The first-order chi connectivity index (χ1) is 7.34. The summed E-state index contributed by atoms with van der Waals surface area (Å²) in [5.41, 5.74) is 3.42. The van der Waals surface area contributed by atoms with Crippen LogP contribution in [-0.2, 0) is 14.6 Å². The van der Waals surface area contributed by atoms with Crippen LogP contribution in [0.3, 0.4) is 0 Å². The SMILES string of the molecule is CC(OC(N)=O)S(=O)(=O)c1ccc(Cl)cc1. The zero-order chi connectivity index (χ0) is 12.3. The van der Waals surface area contributed by atoms with Gasteiger partial charge in [-0.1, -0.05) is 11.6 Å². The third kappa shape index (κ3) is 2.86. The molecule has 1 amide bonds. The van der Waals surface area contributed by atoms with Crippen LogP contribution in [0.25, 0.3) is 0 Å². The molecule has 0 fully saturated rings. The maximum Gasteiger partial charge on any atom is 0.405 e. The number of amides is 1. The Morgan fingerprint density at radius 2 is 1.88 bits per heavy atom. The lowest BCUT2D eigenvalue weighted by atomic mass is 10.4. The number of nitrogens with two attached hydrogens (primary N) is 1. The molecule has 0 aliphatic heterocycles. The third-order valence-electron chi connectivity index (χ3n) is 1.86. The molecule has 0 heterocycles. The summed E-state index contributed by atoms with van der Waals surface area (Å²) in [6.07, 6.45) is -1.13. The lowest BCUT2D eigenvalue weighted by molar-refractivity contribution is 0.147. The summed E-state index contributed by atoms with van der Waals surface area (Å²) < 4.78 is 28.0. The predicted molar refractivity (Wildman–Crippen MR) is 58.8 cm³/mol. The van der Waals surface area contributed by atoms with Crippen molar-refractivity contribution in [1.82, 2.24) is 0 Å². The monoisotopic (exact) mass is 263 g/mol. The number of ether oxygens (including phenoxy) is 1. The minimum atomic E-state index is -3.73. The van der Waals surface area contributed by atoms with Gasteiger partial charge in [0.15, 0.2) is 0 Å². The molecular weight excluding hydrogens is 254 g/mol. The van der Waals surface area contributed by atoms with Crippen LogP contribution in [0, 0.1) is 0 Å². The standard InChI is InChI=1S/C9H10ClNO4S/c1-6(15-9(11)12)16(13,14)8-4-2-7(10)3-5-8/h2-6H,1H3,(H2,11,12). The van der Waals surface area contributed by atoms with Crippen molar-refractivity contribution in [2.45, 2.75) is 17.3 Å². The summed E-state index contributed by atoms with van der Waals surface area (Å²) in [6.45, 7) is 1.23. The third-order valence-corrected chi connectivity index (χ3v) is 4.01. The van der Waals surface area contributed by atoms with E-state index in [0.29, 0.717) is 5.02 Å². The van der Waals surface area contributed by atoms with Gasteiger partial charge in [0.25, 0.3) is 0 Å². The summed E-state index contributed by atoms with van der Waals surface area (Å²) >= 11 is 5.63. The molecule has 1 unspecified atom stereocenters. The van der Waals surface area contributed by atoms with Gasteiger partial charge >= 0.3 is 6.09 Å². The molecule has 1 rings (SSSR count). The normalized spacial score (nSPS) is 13.1. The molecule has 2 N–H and O–H groups in total. The molecule has 0 spiro atoms. The number of primary amides is 1. The fraction of sp³-hybridized carbons (Fsp3) is 0.222. The Hall–Kier alpha value is -1.27. The van der Waals surface area contributed by atoms with E-state index in [1.165, 1.54) is 31.2 Å². The number of rotatable bonds is 3. The van der Waals surface area contributed by atoms with E-state index in [9.17, 15) is 13.2 Å². The van der Waals surface area contributed by atoms with Gasteiger partial charge in [-0.2, -0.15) is 0 Å². The first-order valence-electron chi connectivity index (χ1n) is 4.29. The molecule has 0 saturated carbocycles. The number of carbonyl (C=O) groups excluding carboxylic acids is 1. The van der Waals surface area contributed by atoms with E-state index in [1.807, 2.05) is 0 Å². The quantitative estimate of drug-likeness (QED) is 0.896.